The Labute approximate surface area is 165 Å². The molecule has 6 nitrogen and oxygen atoms in total. The van der Waals surface area contributed by atoms with Crippen LogP contribution in [0.5, 0.6) is 0 Å². The van der Waals surface area contributed by atoms with Gasteiger partial charge in [-0.25, -0.2) is 4.98 Å². The average Bonchev–Trinajstić information content (AvgIpc) is 3.16. The molecule has 28 heavy (non-hydrogen) atoms. The molecule has 0 aliphatic rings. The van der Waals surface area contributed by atoms with Crippen LogP contribution in [0.15, 0.2) is 40.7 Å². The molecule has 0 bridgehead atoms. The van der Waals surface area contributed by atoms with Gasteiger partial charge >= 0.3 is 6.18 Å². The molecule has 2 rings (SSSR count). The molecule has 1 aromatic heterocycles. The van der Waals surface area contributed by atoms with Gasteiger partial charge in [0.2, 0.25) is 5.91 Å². The first kappa shape index (κ1) is 21.7. The van der Waals surface area contributed by atoms with Crippen molar-refractivity contribution in [3.05, 3.63) is 52.0 Å². The number of aliphatic imine (C=N–C) groups is 1. The average molecular weight is 413 g/mol. The van der Waals surface area contributed by atoms with Crippen molar-refractivity contribution < 1.29 is 18.0 Å². The SMILES string of the molecule is CCN(Cc1ccccc1)C(=O)CNC(=NC)NCc1nc(C(F)(F)F)cs1. The topological polar surface area (TPSA) is 69.6 Å². The number of carbonyl (C=O) groups is 1. The highest BCUT2D eigenvalue weighted by Gasteiger charge is 2.33. The molecule has 1 amide bonds. The molecular weight excluding hydrogens is 391 g/mol. The molecule has 0 aliphatic heterocycles. The summed E-state index contributed by atoms with van der Waals surface area (Å²) in [7, 11) is 1.52. The molecule has 0 spiro atoms. The van der Waals surface area contributed by atoms with Crippen molar-refractivity contribution in [1.82, 2.24) is 20.5 Å². The maximum atomic E-state index is 12.6. The molecular formula is C18H22F3N5OS. The highest BCUT2D eigenvalue weighted by Crippen LogP contribution is 2.29. The van der Waals surface area contributed by atoms with Crippen LogP contribution < -0.4 is 10.6 Å². The van der Waals surface area contributed by atoms with Gasteiger partial charge in [0.05, 0.1) is 13.1 Å². The third-order valence-electron chi connectivity index (χ3n) is 3.83. The number of halogens is 3. The van der Waals surface area contributed by atoms with Gasteiger partial charge in [-0.05, 0) is 12.5 Å². The van der Waals surface area contributed by atoms with Crippen LogP contribution in [-0.2, 0) is 24.1 Å². The Bertz CT molecular complexity index is 792. The zero-order chi connectivity index (χ0) is 20.6. The van der Waals surface area contributed by atoms with Crippen LogP contribution in [0.25, 0.3) is 0 Å². The molecule has 152 valence electrons. The van der Waals surface area contributed by atoms with E-state index in [9.17, 15) is 18.0 Å². The first-order chi connectivity index (χ1) is 13.3. The number of rotatable bonds is 7. The number of hydrogen-bond acceptors (Lipinski definition) is 4. The van der Waals surface area contributed by atoms with Gasteiger partial charge in [-0.1, -0.05) is 30.3 Å². The summed E-state index contributed by atoms with van der Waals surface area (Å²) in [6.07, 6.45) is -4.45. The van der Waals surface area contributed by atoms with Crippen LogP contribution in [-0.4, -0.2) is 41.9 Å². The number of likely N-dealkylation sites (N-methyl/N-ethyl adjacent to an activating group) is 1. The lowest BCUT2D eigenvalue weighted by atomic mass is 10.2. The van der Waals surface area contributed by atoms with Gasteiger partial charge in [-0.2, -0.15) is 13.2 Å². The Hall–Kier alpha value is -2.62. The quantitative estimate of drug-likeness (QED) is 0.541. The maximum absolute atomic E-state index is 12.6. The predicted octanol–water partition coefficient (Wildman–Crippen LogP) is 2.88. The van der Waals surface area contributed by atoms with E-state index in [0.29, 0.717) is 19.0 Å². The van der Waals surface area contributed by atoms with E-state index >= 15 is 0 Å². The second-order valence-corrected chi connectivity index (χ2v) is 6.74. The predicted molar refractivity (Wildman–Crippen MR) is 103 cm³/mol. The Morgan fingerprint density at radius 1 is 1.25 bits per heavy atom. The van der Waals surface area contributed by atoms with Crippen LogP contribution in [0.2, 0.25) is 0 Å². The fourth-order valence-corrected chi connectivity index (χ4v) is 3.09. The van der Waals surface area contributed by atoms with Crippen molar-refractivity contribution in [3.63, 3.8) is 0 Å². The molecule has 0 radical (unpaired) electrons. The zero-order valence-corrected chi connectivity index (χ0v) is 16.4. The van der Waals surface area contributed by atoms with Gasteiger partial charge in [-0.15, -0.1) is 11.3 Å². The summed E-state index contributed by atoms with van der Waals surface area (Å²) in [4.78, 5) is 21.7. The van der Waals surface area contributed by atoms with Crippen molar-refractivity contribution >= 4 is 23.2 Å². The summed E-state index contributed by atoms with van der Waals surface area (Å²) in [5.74, 6) is 0.204. The Morgan fingerprint density at radius 3 is 2.54 bits per heavy atom. The van der Waals surface area contributed by atoms with Crippen molar-refractivity contribution in [2.24, 2.45) is 4.99 Å². The van der Waals surface area contributed by atoms with Gasteiger partial charge in [0.15, 0.2) is 11.7 Å². The fraction of sp³-hybridized carbons (Fsp3) is 0.389. The minimum absolute atomic E-state index is 0.0199. The number of nitrogens with one attached hydrogen (secondary N) is 2. The Morgan fingerprint density at radius 2 is 1.96 bits per heavy atom. The molecule has 0 fully saturated rings. The molecule has 10 heteroatoms. The van der Waals surface area contributed by atoms with Gasteiger partial charge in [-0.3, -0.25) is 9.79 Å². The standard InChI is InChI=1S/C18H22F3N5OS/c1-3-26(11-13-7-5-4-6-8-13)16(27)10-24-17(22-2)23-9-15-25-14(12-28-15)18(19,20)21/h4-8,12H,3,9-11H2,1-2H3,(H2,22,23,24). The summed E-state index contributed by atoms with van der Waals surface area (Å²) in [6, 6.07) is 9.65. The second-order valence-electron chi connectivity index (χ2n) is 5.80. The summed E-state index contributed by atoms with van der Waals surface area (Å²) in [5.41, 5.74) is 0.122. The number of amides is 1. The largest absolute Gasteiger partial charge is 0.434 e. The van der Waals surface area contributed by atoms with E-state index in [2.05, 4.69) is 20.6 Å². The number of hydrogen-bond donors (Lipinski definition) is 2. The van der Waals surface area contributed by atoms with Gasteiger partial charge in [0.1, 0.15) is 5.01 Å². The Balaban J connectivity index is 1.83. The van der Waals surface area contributed by atoms with Crippen molar-refractivity contribution in [2.45, 2.75) is 26.2 Å². The number of thiazole rings is 1. The summed E-state index contributed by atoms with van der Waals surface area (Å²) < 4.78 is 37.8. The number of alkyl halides is 3. The highest BCUT2D eigenvalue weighted by molar-refractivity contribution is 7.09. The van der Waals surface area contributed by atoms with Crippen molar-refractivity contribution in [3.8, 4) is 0 Å². The molecule has 0 unspecified atom stereocenters. The summed E-state index contributed by atoms with van der Waals surface area (Å²) in [6.45, 7) is 3.06. The molecule has 1 heterocycles. The van der Waals surface area contributed by atoms with E-state index in [4.69, 9.17) is 0 Å². The number of aromatic nitrogens is 1. The van der Waals surface area contributed by atoms with Gasteiger partial charge < -0.3 is 15.5 Å². The molecule has 0 aliphatic carbocycles. The Kier molecular flexibility index (Phi) is 7.80. The fourth-order valence-electron chi connectivity index (χ4n) is 2.35. The second kappa shape index (κ2) is 10.1. The summed E-state index contributed by atoms with van der Waals surface area (Å²) >= 11 is 0.911. The normalized spacial score (nSPS) is 12.0. The molecule has 0 atom stereocenters. The van der Waals surface area contributed by atoms with E-state index in [1.165, 1.54) is 7.05 Å². The number of carbonyl (C=O) groups excluding carboxylic acids is 1. The molecule has 2 aromatic rings. The van der Waals surface area contributed by atoms with Crippen LogP contribution in [0.4, 0.5) is 13.2 Å². The third kappa shape index (κ3) is 6.52. The minimum Gasteiger partial charge on any atom is -0.350 e. The van der Waals surface area contributed by atoms with E-state index in [0.717, 1.165) is 22.3 Å². The monoisotopic (exact) mass is 413 g/mol. The van der Waals surface area contributed by atoms with Crippen LogP contribution >= 0.6 is 11.3 Å². The molecule has 1 aromatic carbocycles. The lowest BCUT2D eigenvalue weighted by molar-refractivity contribution is -0.140. The smallest absolute Gasteiger partial charge is 0.350 e. The highest BCUT2D eigenvalue weighted by atomic mass is 32.1. The van der Waals surface area contributed by atoms with Gasteiger partial charge in [0.25, 0.3) is 0 Å². The van der Waals surface area contributed by atoms with Gasteiger partial charge in [0, 0.05) is 25.5 Å². The lowest BCUT2D eigenvalue weighted by Gasteiger charge is -2.22. The minimum atomic E-state index is -4.45. The van der Waals surface area contributed by atoms with E-state index in [1.807, 2.05) is 37.3 Å². The maximum Gasteiger partial charge on any atom is 0.434 e. The van der Waals surface area contributed by atoms with E-state index in [-0.39, 0.29) is 24.0 Å². The van der Waals surface area contributed by atoms with Crippen LogP contribution in [0, 0.1) is 0 Å². The molecule has 0 saturated heterocycles. The number of nitrogens with zero attached hydrogens (tertiary/aromatic N) is 3. The van der Waals surface area contributed by atoms with Crippen molar-refractivity contribution in [1.29, 1.82) is 0 Å². The van der Waals surface area contributed by atoms with Crippen molar-refractivity contribution in [2.75, 3.05) is 20.1 Å². The summed E-state index contributed by atoms with van der Waals surface area (Å²) in [5, 5.41) is 6.99. The van der Waals surface area contributed by atoms with Crippen LogP contribution in [0.3, 0.4) is 0 Å². The lowest BCUT2D eigenvalue weighted by Crippen LogP contribution is -2.44. The zero-order valence-electron chi connectivity index (χ0n) is 15.6. The third-order valence-corrected chi connectivity index (χ3v) is 4.68. The van der Waals surface area contributed by atoms with E-state index < -0.39 is 11.9 Å². The number of benzene rings is 1. The van der Waals surface area contributed by atoms with Crippen LogP contribution in [0.1, 0.15) is 23.2 Å². The van der Waals surface area contributed by atoms with E-state index in [1.54, 1.807) is 4.90 Å². The first-order valence-corrected chi connectivity index (χ1v) is 9.49. The first-order valence-electron chi connectivity index (χ1n) is 8.61. The molecule has 2 N–H and O–H groups in total. The molecule has 0 saturated carbocycles. The number of guanidine groups is 1.